The number of carbonyl (C=O) groups is 1. The first-order valence-corrected chi connectivity index (χ1v) is 6.98. The van der Waals surface area contributed by atoms with Gasteiger partial charge in [-0.3, -0.25) is 0 Å². The molecular weight excluding hydrogens is 260 g/mol. The minimum atomic E-state index is -0.944. The van der Waals surface area contributed by atoms with Crippen molar-refractivity contribution < 1.29 is 14.6 Å². The maximum Gasteiger partial charge on any atom is 0.349 e. The molecule has 0 fully saturated rings. The van der Waals surface area contributed by atoms with Gasteiger partial charge in [-0.05, 0) is 28.5 Å². The van der Waals surface area contributed by atoms with Crippen LogP contribution < -0.4 is 4.74 Å². The molecule has 0 amide bonds. The highest BCUT2D eigenvalue weighted by Gasteiger charge is 2.12. The van der Waals surface area contributed by atoms with Crippen molar-refractivity contribution in [3.05, 3.63) is 51.7 Å². The van der Waals surface area contributed by atoms with Gasteiger partial charge in [-0.15, -0.1) is 11.3 Å². The summed E-state index contributed by atoms with van der Waals surface area (Å²) < 4.78 is 5.55. The van der Waals surface area contributed by atoms with E-state index in [4.69, 9.17) is 9.84 Å². The second kappa shape index (κ2) is 5.89. The van der Waals surface area contributed by atoms with Gasteiger partial charge >= 0.3 is 5.97 Å². The van der Waals surface area contributed by atoms with Crippen molar-refractivity contribution in [1.29, 1.82) is 0 Å². The van der Waals surface area contributed by atoms with Crippen molar-refractivity contribution in [2.75, 3.05) is 0 Å². The quantitative estimate of drug-likeness (QED) is 0.892. The van der Waals surface area contributed by atoms with Crippen molar-refractivity contribution >= 4 is 17.3 Å². The smallest absolute Gasteiger partial charge is 0.349 e. The topological polar surface area (TPSA) is 46.5 Å². The molecule has 1 N–H and O–H groups in total. The van der Waals surface area contributed by atoms with Gasteiger partial charge in [-0.25, -0.2) is 4.79 Å². The lowest BCUT2D eigenvalue weighted by atomic mass is 10.0. The lowest BCUT2D eigenvalue weighted by Crippen LogP contribution is -2.00. The van der Waals surface area contributed by atoms with Crippen molar-refractivity contribution in [2.24, 2.45) is 0 Å². The monoisotopic (exact) mass is 276 g/mol. The van der Waals surface area contributed by atoms with Gasteiger partial charge in [0.1, 0.15) is 12.4 Å². The van der Waals surface area contributed by atoms with Crippen molar-refractivity contribution in [1.82, 2.24) is 0 Å². The van der Waals surface area contributed by atoms with Crippen LogP contribution in [0.4, 0.5) is 0 Å². The summed E-state index contributed by atoms with van der Waals surface area (Å²) in [7, 11) is 0. The summed E-state index contributed by atoms with van der Waals surface area (Å²) in [5.74, 6) is -0.00366. The molecule has 0 radical (unpaired) electrons. The van der Waals surface area contributed by atoms with E-state index in [9.17, 15) is 4.79 Å². The third-order valence-electron chi connectivity index (χ3n) is 2.86. The molecular formula is C15H16O3S. The third-order valence-corrected chi connectivity index (χ3v) is 3.75. The average molecular weight is 276 g/mol. The summed E-state index contributed by atoms with van der Waals surface area (Å²) >= 11 is 1.17. The Morgan fingerprint density at radius 2 is 1.95 bits per heavy atom. The zero-order chi connectivity index (χ0) is 13.8. The molecule has 0 aliphatic carbocycles. The van der Waals surface area contributed by atoms with Gasteiger partial charge in [0, 0.05) is 0 Å². The molecule has 0 aliphatic rings. The Morgan fingerprint density at radius 1 is 1.26 bits per heavy atom. The molecule has 3 nitrogen and oxygen atoms in total. The van der Waals surface area contributed by atoms with Crippen LogP contribution in [0.1, 0.15) is 40.6 Å². The normalized spacial score (nSPS) is 10.7. The maximum atomic E-state index is 10.9. The van der Waals surface area contributed by atoms with E-state index in [0.717, 1.165) is 5.56 Å². The van der Waals surface area contributed by atoms with Gasteiger partial charge < -0.3 is 9.84 Å². The van der Waals surface area contributed by atoms with Crippen LogP contribution in [0.3, 0.4) is 0 Å². The van der Waals surface area contributed by atoms with Gasteiger partial charge in [0.2, 0.25) is 0 Å². The lowest BCUT2D eigenvalue weighted by molar-refractivity contribution is 0.0697. The summed E-state index contributed by atoms with van der Waals surface area (Å²) in [6, 6.07) is 9.88. The Kier molecular flexibility index (Phi) is 4.22. The summed E-state index contributed by atoms with van der Waals surface area (Å²) in [5, 5.41) is 10.7. The molecule has 0 spiro atoms. The van der Waals surface area contributed by atoms with Gasteiger partial charge in [-0.1, -0.05) is 38.1 Å². The molecule has 1 aromatic carbocycles. The largest absolute Gasteiger partial charge is 0.487 e. The molecule has 19 heavy (non-hydrogen) atoms. The molecule has 4 heteroatoms. The molecule has 0 saturated carbocycles. The molecule has 0 saturated heterocycles. The SMILES string of the molecule is CC(C)c1ccc(COc2ccsc2C(=O)O)cc1. The summed E-state index contributed by atoms with van der Waals surface area (Å²) in [5.41, 5.74) is 2.32. The van der Waals surface area contributed by atoms with Crippen LogP contribution in [0, 0.1) is 0 Å². The Morgan fingerprint density at radius 3 is 2.53 bits per heavy atom. The fraction of sp³-hybridized carbons (Fsp3) is 0.267. The average Bonchev–Trinajstić information content (AvgIpc) is 2.85. The van der Waals surface area contributed by atoms with Crippen molar-refractivity contribution in [3.63, 3.8) is 0 Å². The molecule has 2 aromatic rings. The first-order chi connectivity index (χ1) is 9.08. The Hall–Kier alpha value is -1.81. The third kappa shape index (κ3) is 3.35. The van der Waals surface area contributed by atoms with Gasteiger partial charge in [0.05, 0.1) is 0 Å². The highest BCUT2D eigenvalue weighted by atomic mass is 32.1. The van der Waals surface area contributed by atoms with Crippen molar-refractivity contribution in [2.45, 2.75) is 26.4 Å². The van der Waals surface area contributed by atoms with E-state index in [1.165, 1.54) is 16.9 Å². The van der Waals surface area contributed by atoms with Crippen LogP contribution in [-0.4, -0.2) is 11.1 Å². The van der Waals surface area contributed by atoms with E-state index in [1.807, 2.05) is 12.1 Å². The first kappa shape index (κ1) is 13.6. The summed E-state index contributed by atoms with van der Waals surface area (Å²) in [6.45, 7) is 4.68. The van der Waals surface area contributed by atoms with E-state index >= 15 is 0 Å². The number of rotatable bonds is 5. The molecule has 0 aliphatic heterocycles. The minimum absolute atomic E-state index is 0.249. The van der Waals surface area contributed by atoms with Gasteiger partial charge in [0.15, 0.2) is 4.88 Å². The predicted octanol–water partition coefficient (Wildman–Crippen LogP) is 4.15. The van der Waals surface area contributed by atoms with Crippen LogP contribution in [0.25, 0.3) is 0 Å². The van der Waals surface area contributed by atoms with Crippen LogP contribution in [0.2, 0.25) is 0 Å². The molecule has 1 aromatic heterocycles. The number of hydrogen-bond acceptors (Lipinski definition) is 3. The maximum absolute atomic E-state index is 10.9. The molecule has 100 valence electrons. The van der Waals surface area contributed by atoms with E-state index in [-0.39, 0.29) is 4.88 Å². The van der Waals surface area contributed by atoms with Crippen LogP contribution >= 0.6 is 11.3 Å². The highest BCUT2D eigenvalue weighted by molar-refractivity contribution is 7.12. The number of carboxylic acids is 1. The predicted molar refractivity (Wildman–Crippen MR) is 76.1 cm³/mol. The zero-order valence-corrected chi connectivity index (χ0v) is 11.7. The van der Waals surface area contributed by atoms with E-state index in [1.54, 1.807) is 11.4 Å². The number of aromatic carboxylic acids is 1. The van der Waals surface area contributed by atoms with Gasteiger partial charge in [-0.2, -0.15) is 0 Å². The Balaban J connectivity index is 2.02. The minimum Gasteiger partial charge on any atom is -0.487 e. The number of hydrogen-bond donors (Lipinski definition) is 1. The lowest BCUT2D eigenvalue weighted by Gasteiger charge is -2.08. The molecule has 1 heterocycles. The summed E-state index contributed by atoms with van der Waals surface area (Å²) in [4.78, 5) is 11.2. The number of carboxylic acid groups (broad SMARTS) is 1. The molecule has 0 atom stereocenters. The fourth-order valence-corrected chi connectivity index (χ4v) is 2.40. The van der Waals surface area contributed by atoms with E-state index in [2.05, 4.69) is 26.0 Å². The summed E-state index contributed by atoms with van der Waals surface area (Å²) in [6.07, 6.45) is 0. The standard InChI is InChI=1S/C15H16O3S/c1-10(2)12-5-3-11(4-6-12)9-18-13-7-8-19-14(13)15(16)17/h3-8,10H,9H2,1-2H3,(H,16,17). The second-order valence-electron chi connectivity index (χ2n) is 4.60. The van der Waals surface area contributed by atoms with Crippen LogP contribution in [-0.2, 0) is 6.61 Å². The van der Waals surface area contributed by atoms with E-state index < -0.39 is 5.97 Å². The Bertz CT molecular complexity index is 555. The van der Waals surface area contributed by atoms with E-state index in [0.29, 0.717) is 18.3 Å². The van der Waals surface area contributed by atoms with Crippen LogP contribution in [0.5, 0.6) is 5.75 Å². The fourth-order valence-electron chi connectivity index (χ4n) is 1.73. The Labute approximate surface area is 116 Å². The zero-order valence-electron chi connectivity index (χ0n) is 10.9. The van der Waals surface area contributed by atoms with Crippen LogP contribution in [0.15, 0.2) is 35.7 Å². The van der Waals surface area contributed by atoms with Crippen molar-refractivity contribution in [3.8, 4) is 5.75 Å². The number of thiophene rings is 1. The van der Waals surface area contributed by atoms with Gasteiger partial charge in [0.25, 0.3) is 0 Å². The number of benzene rings is 1. The first-order valence-electron chi connectivity index (χ1n) is 6.10. The molecule has 0 unspecified atom stereocenters. The second-order valence-corrected chi connectivity index (χ2v) is 5.52. The molecule has 0 bridgehead atoms. The highest BCUT2D eigenvalue weighted by Crippen LogP contribution is 2.25. The molecule has 2 rings (SSSR count). The number of ether oxygens (including phenoxy) is 1.